The molecule has 0 fully saturated rings. The van der Waals surface area contributed by atoms with Crippen molar-refractivity contribution in [1.82, 2.24) is 4.90 Å². The molecule has 68 valence electrons. The van der Waals surface area contributed by atoms with E-state index in [-0.39, 0.29) is 0 Å². The van der Waals surface area contributed by atoms with E-state index in [9.17, 15) is 0 Å². The van der Waals surface area contributed by atoms with Gasteiger partial charge in [-0.25, -0.2) is 0 Å². The number of alkyl halides is 1. The smallest absolute Gasteiger partial charge is 0.0589 e. The van der Waals surface area contributed by atoms with E-state index in [4.69, 9.17) is 4.74 Å². The number of nitrogens with zero attached hydrogens (tertiary/aromatic N) is 1. The number of hydrogen-bond donors (Lipinski definition) is 0. The number of ether oxygens (including phenoxy) is 1. The fourth-order valence-corrected chi connectivity index (χ4v) is 1.18. The molecule has 0 unspecified atom stereocenters. The van der Waals surface area contributed by atoms with Crippen molar-refractivity contribution in [1.29, 1.82) is 0 Å². The Kier molecular flexibility index (Phi) is 8.81. The maximum atomic E-state index is 5.00. The summed E-state index contributed by atoms with van der Waals surface area (Å²) in [5, 5.41) is 1.09. The number of halogens is 1. The minimum Gasteiger partial charge on any atom is -0.383 e. The van der Waals surface area contributed by atoms with E-state index in [2.05, 4.69) is 27.8 Å². The predicted molar refractivity (Wildman–Crippen MR) is 52.4 cm³/mol. The molecule has 0 amide bonds. The van der Waals surface area contributed by atoms with Gasteiger partial charge in [-0.3, -0.25) is 0 Å². The lowest BCUT2D eigenvalue weighted by Crippen LogP contribution is -2.28. The third-order valence-electron chi connectivity index (χ3n) is 1.67. The molecule has 0 aromatic rings. The lowest BCUT2D eigenvalue weighted by molar-refractivity contribution is 0.151. The van der Waals surface area contributed by atoms with Crippen molar-refractivity contribution in [2.45, 2.75) is 13.3 Å². The molecule has 0 spiro atoms. The van der Waals surface area contributed by atoms with Crippen LogP contribution < -0.4 is 0 Å². The molecule has 0 rings (SSSR count). The summed E-state index contributed by atoms with van der Waals surface area (Å²) in [7, 11) is 1.75. The summed E-state index contributed by atoms with van der Waals surface area (Å²) in [5.41, 5.74) is 0. The average Bonchev–Trinajstić information content (AvgIpc) is 2.05. The zero-order chi connectivity index (χ0) is 8.53. The van der Waals surface area contributed by atoms with E-state index in [1.165, 1.54) is 13.0 Å². The van der Waals surface area contributed by atoms with Crippen molar-refractivity contribution in [3.05, 3.63) is 0 Å². The molecule has 0 radical (unpaired) electrons. The molecule has 0 atom stereocenters. The van der Waals surface area contributed by atoms with Gasteiger partial charge in [0.2, 0.25) is 0 Å². The Bertz CT molecular complexity index is 72.5. The Morgan fingerprint density at radius 2 is 2.09 bits per heavy atom. The van der Waals surface area contributed by atoms with Crippen molar-refractivity contribution >= 4 is 15.9 Å². The van der Waals surface area contributed by atoms with Crippen LogP contribution in [0.2, 0.25) is 0 Å². The molecular formula is C8H18BrNO. The van der Waals surface area contributed by atoms with Crippen LogP contribution in [0.25, 0.3) is 0 Å². The van der Waals surface area contributed by atoms with E-state index in [1.807, 2.05) is 0 Å². The van der Waals surface area contributed by atoms with Crippen LogP contribution in [-0.2, 0) is 4.74 Å². The number of rotatable bonds is 7. The minimum absolute atomic E-state index is 0.843. The van der Waals surface area contributed by atoms with E-state index < -0.39 is 0 Å². The van der Waals surface area contributed by atoms with Crippen LogP contribution in [-0.4, -0.2) is 43.6 Å². The molecule has 0 aromatic carbocycles. The summed E-state index contributed by atoms with van der Waals surface area (Å²) in [6, 6.07) is 0. The van der Waals surface area contributed by atoms with Gasteiger partial charge in [0, 0.05) is 19.0 Å². The van der Waals surface area contributed by atoms with Crippen LogP contribution >= 0.6 is 15.9 Å². The third-order valence-corrected chi connectivity index (χ3v) is 2.23. The first-order chi connectivity index (χ1) is 5.35. The molecule has 11 heavy (non-hydrogen) atoms. The SMILES string of the molecule is CCN(CCCBr)CCOC. The molecule has 0 aliphatic heterocycles. The highest BCUT2D eigenvalue weighted by Crippen LogP contribution is 1.93. The van der Waals surface area contributed by atoms with Crippen molar-refractivity contribution in [2.24, 2.45) is 0 Å². The Morgan fingerprint density at radius 3 is 2.55 bits per heavy atom. The largest absolute Gasteiger partial charge is 0.383 e. The maximum Gasteiger partial charge on any atom is 0.0589 e. The highest BCUT2D eigenvalue weighted by Gasteiger charge is 1.99. The summed E-state index contributed by atoms with van der Waals surface area (Å²) in [6.07, 6.45) is 1.22. The number of likely N-dealkylation sites (N-methyl/N-ethyl adjacent to an activating group) is 1. The Labute approximate surface area is 78.0 Å². The van der Waals surface area contributed by atoms with Gasteiger partial charge in [0.25, 0.3) is 0 Å². The highest BCUT2D eigenvalue weighted by molar-refractivity contribution is 9.09. The summed E-state index contributed by atoms with van der Waals surface area (Å²) in [5.74, 6) is 0. The lowest BCUT2D eigenvalue weighted by atomic mass is 10.4. The van der Waals surface area contributed by atoms with E-state index in [0.717, 1.165) is 25.0 Å². The highest BCUT2D eigenvalue weighted by atomic mass is 79.9. The minimum atomic E-state index is 0.843. The number of methoxy groups -OCH3 is 1. The van der Waals surface area contributed by atoms with Crippen molar-refractivity contribution in [2.75, 3.05) is 38.7 Å². The summed E-state index contributed by atoms with van der Waals surface area (Å²) in [6.45, 7) is 6.38. The summed E-state index contributed by atoms with van der Waals surface area (Å²) >= 11 is 3.42. The van der Waals surface area contributed by atoms with Crippen LogP contribution in [0.15, 0.2) is 0 Å². The van der Waals surface area contributed by atoms with Crippen LogP contribution in [0.4, 0.5) is 0 Å². The van der Waals surface area contributed by atoms with Gasteiger partial charge in [-0.1, -0.05) is 22.9 Å². The molecule has 2 nitrogen and oxygen atoms in total. The standard InChI is InChI=1S/C8H18BrNO/c1-3-10(6-4-5-9)7-8-11-2/h3-8H2,1-2H3. The first-order valence-corrected chi connectivity index (χ1v) is 5.24. The zero-order valence-corrected chi connectivity index (χ0v) is 9.06. The Hall–Kier alpha value is 0.400. The Balaban J connectivity index is 3.25. The molecule has 0 bridgehead atoms. The first-order valence-electron chi connectivity index (χ1n) is 4.12. The monoisotopic (exact) mass is 223 g/mol. The topological polar surface area (TPSA) is 12.5 Å². The second-order valence-electron chi connectivity index (χ2n) is 2.47. The molecule has 0 N–H and O–H groups in total. The van der Waals surface area contributed by atoms with Gasteiger partial charge >= 0.3 is 0 Å². The Morgan fingerprint density at radius 1 is 1.36 bits per heavy atom. The predicted octanol–water partition coefficient (Wildman–Crippen LogP) is 1.74. The first kappa shape index (κ1) is 11.4. The summed E-state index contributed by atoms with van der Waals surface area (Å²) in [4.78, 5) is 2.39. The van der Waals surface area contributed by atoms with Crippen LogP contribution in [0.1, 0.15) is 13.3 Å². The molecule has 3 heteroatoms. The normalized spacial score (nSPS) is 10.9. The van der Waals surface area contributed by atoms with E-state index >= 15 is 0 Å². The zero-order valence-electron chi connectivity index (χ0n) is 7.48. The van der Waals surface area contributed by atoms with Gasteiger partial charge in [-0.15, -0.1) is 0 Å². The quantitative estimate of drug-likeness (QED) is 0.611. The van der Waals surface area contributed by atoms with Gasteiger partial charge < -0.3 is 9.64 Å². The number of hydrogen-bond acceptors (Lipinski definition) is 2. The van der Waals surface area contributed by atoms with Crippen LogP contribution in [0, 0.1) is 0 Å². The summed E-state index contributed by atoms with van der Waals surface area (Å²) < 4.78 is 5.00. The fraction of sp³-hybridized carbons (Fsp3) is 1.00. The molecule has 0 saturated heterocycles. The third kappa shape index (κ3) is 6.78. The molecule has 0 aliphatic rings. The van der Waals surface area contributed by atoms with Crippen LogP contribution in [0.5, 0.6) is 0 Å². The molecule has 0 aliphatic carbocycles. The molecular weight excluding hydrogens is 206 g/mol. The van der Waals surface area contributed by atoms with Crippen molar-refractivity contribution in [3.8, 4) is 0 Å². The van der Waals surface area contributed by atoms with Gasteiger partial charge in [0.15, 0.2) is 0 Å². The van der Waals surface area contributed by atoms with Gasteiger partial charge in [0.1, 0.15) is 0 Å². The van der Waals surface area contributed by atoms with Gasteiger partial charge in [0.05, 0.1) is 6.61 Å². The van der Waals surface area contributed by atoms with E-state index in [0.29, 0.717) is 0 Å². The van der Waals surface area contributed by atoms with Gasteiger partial charge in [-0.05, 0) is 19.5 Å². The lowest BCUT2D eigenvalue weighted by Gasteiger charge is -2.18. The maximum absolute atomic E-state index is 5.00. The molecule has 0 aromatic heterocycles. The van der Waals surface area contributed by atoms with Crippen LogP contribution in [0.3, 0.4) is 0 Å². The fourth-order valence-electron chi connectivity index (χ4n) is 0.932. The molecule has 0 saturated carbocycles. The average molecular weight is 224 g/mol. The van der Waals surface area contributed by atoms with Gasteiger partial charge in [-0.2, -0.15) is 0 Å². The van der Waals surface area contributed by atoms with Crippen molar-refractivity contribution in [3.63, 3.8) is 0 Å². The van der Waals surface area contributed by atoms with Crippen molar-refractivity contribution < 1.29 is 4.74 Å². The second kappa shape index (κ2) is 8.50. The molecule has 0 heterocycles. The second-order valence-corrected chi connectivity index (χ2v) is 3.26. The van der Waals surface area contributed by atoms with E-state index in [1.54, 1.807) is 7.11 Å².